The quantitative estimate of drug-likeness (QED) is 0.535. The van der Waals surface area contributed by atoms with E-state index in [1.807, 2.05) is 32.0 Å². The van der Waals surface area contributed by atoms with E-state index in [9.17, 15) is 9.59 Å². The number of Topliss-reactive ketones (excluding diaryl/α,β-unsaturated/α-hetero) is 2. The van der Waals surface area contributed by atoms with Crippen LogP contribution >= 0.6 is 0 Å². The van der Waals surface area contributed by atoms with E-state index in [0.29, 0.717) is 44.7 Å². The van der Waals surface area contributed by atoms with E-state index in [1.165, 1.54) is 0 Å². The average molecular weight is 345 g/mol. The molecule has 5 heteroatoms. The highest BCUT2D eigenvalue weighted by molar-refractivity contribution is 6.21. The largest absolute Gasteiger partial charge is 0.490 e. The van der Waals surface area contributed by atoms with Crippen LogP contribution in [-0.4, -0.2) is 37.0 Å². The number of aliphatic imine (C=N–C) groups is 1. The zero-order valence-electron chi connectivity index (χ0n) is 15.3. The third-order valence-electron chi connectivity index (χ3n) is 4.28. The first kappa shape index (κ1) is 19.2. The minimum Gasteiger partial charge on any atom is -0.490 e. The second-order valence-electron chi connectivity index (χ2n) is 6.14. The van der Waals surface area contributed by atoms with Crippen LogP contribution in [0.2, 0.25) is 0 Å². The fourth-order valence-electron chi connectivity index (χ4n) is 3.07. The molecule has 5 nitrogen and oxygen atoms in total. The number of nitrogens with zero attached hydrogens (tertiary/aromatic N) is 1. The monoisotopic (exact) mass is 345 g/mol. The van der Waals surface area contributed by atoms with Crippen LogP contribution in [0, 0.1) is 5.92 Å². The van der Waals surface area contributed by atoms with Gasteiger partial charge < -0.3 is 9.47 Å². The van der Waals surface area contributed by atoms with Crippen LogP contribution < -0.4 is 9.47 Å². The molecule has 0 atom stereocenters. The molecule has 0 aliphatic heterocycles. The second-order valence-corrected chi connectivity index (χ2v) is 6.14. The first-order valence-corrected chi connectivity index (χ1v) is 9.01. The summed E-state index contributed by atoms with van der Waals surface area (Å²) in [6, 6.07) is 5.88. The number of hydrogen-bond acceptors (Lipinski definition) is 5. The molecule has 0 aromatic heterocycles. The van der Waals surface area contributed by atoms with Gasteiger partial charge in [-0.3, -0.25) is 14.6 Å². The van der Waals surface area contributed by atoms with Gasteiger partial charge in [-0.05, 0) is 51.3 Å². The average Bonchev–Trinajstić information content (AvgIpc) is 2.57. The van der Waals surface area contributed by atoms with Crippen molar-refractivity contribution in [1.29, 1.82) is 0 Å². The fraction of sp³-hybridized carbons (Fsp3) is 0.550. The van der Waals surface area contributed by atoms with Crippen LogP contribution in [0.15, 0.2) is 23.2 Å². The Balaban J connectivity index is 2.01. The SMILES string of the molecule is CCOc1ccc(CCN=C(C)C2C(=O)CCCC2=O)cc1OCC. The molecule has 1 saturated carbocycles. The van der Waals surface area contributed by atoms with Crippen molar-refractivity contribution in [2.24, 2.45) is 10.9 Å². The lowest BCUT2D eigenvalue weighted by Crippen LogP contribution is -2.34. The Hall–Kier alpha value is -2.17. The van der Waals surface area contributed by atoms with Crippen molar-refractivity contribution in [3.05, 3.63) is 23.8 Å². The van der Waals surface area contributed by atoms with Crippen LogP contribution in [0.1, 0.15) is 45.6 Å². The predicted octanol–water partition coefficient (Wildman–Crippen LogP) is 3.43. The Kier molecular flexibility index (Phi) is 7.16. The topological polar surface area (TPSA) is 65.0 Å². The minimum absolute atomic E-state index is 0.0113. The molecular weight excluding hydrogens is 318 g/mol. The third-order valence-corrected chi connectivity index (χ3v) is 4.28. The molecule has 1 aliphatic carbocycles. The maximum absolute atomic E-state index is 12.0. The molecule has 2 rings (SSSR count). The lowest BCUT2D eigenvalue weighted by atomic mass is 9.84. The molecule has 0 unspecified atom stereocenters. The number of hydrogen-bond donors (Lipinski definition) is 0. The number of benzene rings is 1. The van der Waals surface area contributed by atoms with Gasteiger partial charge in [-0.1, -0.05) is 6.07 Å². The summed E-state index contributed by atoms with van der Waals surface area (Å²) in [5.41, 5.74) is 1.73. The van der Waals surface area contributed by atoms with Crippen molar-refractivity contribution >= 4 is 17.3 Å². The number of rotatable bonds is 8. The van der Waals surface area contributed by atoms with Gasteiger partial charge in [0.2, 0.25) is 0 Å². The minimum atomic E-state index is -0.618. The van der Waals surface area contributed by atoms with Gasteiger partial charge in [0.05, 0.1) is 13.2 Å². The molecule has 25 heavy (non-hydrogen) atoms. The Morgan fingerprint density at radius 1 is 1.08 bits per heavy atom. The van der Waals surface area contributed by atoms with Gasteiger partial charge in [0, 0.05) is 25.1 Å². The predicted molar refractivity (Wildman–Crippen MR) is 97.8 cm³/mol. The zero-order chi connectivity index (χ0) is 18.2. The molecule has 0 radical (unpaired) electrons. The van der Waals surface area contributed by atoms with Crippen molar-refractivity contribution < 1.29 is 19.1 Å². The van der Waals surface area contributed by atoms with Crippen molar-refractivity contribution in [2.75, 3.05) is 19.8 Å². The summed E-state index contributed by atoms with van der Waals surface area (Å²) in [5.74, 6) is 0.883. The van der Waals surface area contributed by atoms with E-state index in [1.54, 1.807) is 6.92 Å². The Morgan fingerprint density at radius 2 is 1.72 bits per heavy atom. The summed E-state index contributed by atoms with van der Waals surface area (Å²) < 4.78 is 11.2. The van der Waals surface area contributed by atoms with E-state index in [2.05, 4.69) is 4.99 Å². The van der Waals surface area contributed by atoms with Crippen molar-refractivity contribution in [2.45, 2.75) is 46.5 Å². The maximum Gasteiger partial charge on any atom is 0.161 e. The smallest absolute Gasteiger partial charge is 0.161 e. The fourth-order valence-corrected chi connectivity index (χ4v) is 3.07. The third kappa shape index (κ3) is 5.15. The number of ether oxygens (including phenoxy) is 2. The molecule has 0 spiro atoms. The molecule has 0 N–H and O–H groups in total. The first-order chi connectivity index (χ1) is 12.1. The second kappa shape index (κ2) is 9.35. The van der Waals surface area contributed by atoms with Crippen LogP contribution in [0.25, 0.3) is 0 Å². The van der Waals surface area contributed by atoms with Gasteiger partial charge in [0.1, 0.15) is 17.5 Å². The maximum atomic E-state index is 12.0. The first-order valence-electron chi connectivity index (χ1n) is 9.01. The van der Waals surface area contributed by atoms with Gasteiger partial charge in [0.25, 0.3) is 0 Å². The summed E-state index contributed by atoms with van der Waals surface area (Å²) in [4.78, 5) is 28.4. The molecule has 0 amide bonds. The molecule has 1 fully saturated rings. The molecule has 0 heterocycles. The van der Waals surface area contributed by atoms with E-state index in [0.717, 1.165) is 23.5 Å². The molecule has 0 bridgehead atoms. The van der Waals surface area contributed by atoms with Crippen LogP contribution in [0.4, 0.5) is 0 Å². The molecule has 1 aliphatic rings. The van der Waals surface area contributed by atoms with E-state index in [-0.39, 0.29) is 11.6 Å². The lowest BCUT2D eigenvalue weighted by molar-refractivity contribution is -0.132. The summed E-state index contributed by atoms with van der Waals surface area (Å²) in [7, 11) is 0. The van der Waals surface area contributed by atoms with Crippen molar-refractivity contribution in [3.63, 3.8) is 0 Å². The number of carbonyl (C=O) groups is 2. The zero-order valence-corrected chi connectivity index (χ0v) is 15.3. The van der Waals surface area contributed by atoms with Gasteiger partial charge in [0.15, 0.2) is 11.5 Å². The van der Waals surface area contributed by atoms with Gasteiger partial charge in [-0.25, -0.2) is 0 Å². The van der Waals surface area contributed by atoms with Gasteiger partial charge in [-0.15, -0.1) is 0 Å². The van der Waals surface area contributed by atoms with Crippen LogP contribution in [0.5, 0.6) is 11.5 Å². The Bertz CT molecular complexity index is 635. The Morgan fingerprint density at radius 3 is 2.36 bits per heavy atom. The summed E-state index contributed by atoms with van der Waals surface area (Å²) in [6.45, 7) is 7.38. The van der Waals surface area contributed by atoms with Gasteiger partial charge >= 0.3 is 0 Å². The molecule has 1 aromatic rings. The van der Waals surface area contributed by atoms with E-state index < -0.39 is 5.92 Å². The van der Waals surface area contributed by atoms with Crippen LogP contribution in [0.3, 0.4) is 0 Å². The highest BCUT2D eigenvalue weighted by atomic mass is 16.5. The Labute approximate surface area is 149 Å². The molecular formula is C20H27NO4. The van der Waals surface area contributed by atoms with Crippen LogP contribution in [-0.2, 0) is 16.0 Å². The number of carbonyl (C=O) groups excluding carboxylic acids is 2. The number of ketones is 2. The van der Waals surface area contributed by atoms with Crippen molar-refractivity contribution in [1.82, 2.24) is 0 Å². The van der Waals surface area contributed by atoms with E-state index >= 15 is 0 Å². The molecule has 0 saturated heterocycles. The summed E-state index contributed by atoms with van der Waals surface area (Å²) >= 11 is 0. The molecule has 1 aromatic carbocycles. The van der Waals surface area contributed by atoms with Gasteiger partial charge in [-0.2, -0.15) is 0 Å². The lowest BCUT2D eigenvalue weighted by Gasteiger charge is -2.19. The molecule has 136 valence electrons. The van der Waals surface area contributed by atoms with Crippen molar-refractivity contribution in [3.8, 4) is 11.5 Å². The standard InChI is InChI=1S/C20H27NO4/c1-4-24-18-10-9-15(13-19(18)25-5-2)11-12-21-14(3)20-16(22)7-6-8-17(20)23/h9-10,13,20H,4-8,11-12H2,1-3H3. The van der Waals surface area contributed by atoms with E-state index in [4.69, 9.17) is 9.47 Å². The normalized spacial score (nSPS) is 16.2. The highest BCUT2D eigenvalue weighted by Crippen LogP contribution is 2.28. The summed E-state index contributed by atoms with van der Waals surface area (Å²) in [5, 5.41) is 0. The highest BCUT2D eigenvalue weighted by Gasteiger charge is 2.31. The summed E-state index contributed by atoms with van der Waals surface area (Å²) in [6.07, 6.45) is 2.37.